The molecule has 2 rings (SSSR count). The number of hydrazine groups is 1. The largest absolute Gasteiger partial charge is 0.396 e. The van der Waals surface area contributed by atoms with Crippen LogP contribution in [-0.2, 0) is 10.0 Å². The van der Waals surface area contributed by atoms with Crippen LogP contribution in [0.1, 0.15) is 13.3 Å². The van der Waals surface area contributed by atoms with Gasteiger partial charge in [0.2, 0.25) is 5.03 Å². The van der Waals surface area contributed by atoms with Gasteiger partial charge in [-0.3, -0.25) is 4.40 Å². The van der Waals surface area contributed by atoms with Gasteiger partial charge in [-0.2, -0.15) is 4.31 Å². The average Bonchev–Trinajstić information content (AvgIpc) is 2.87. The first-order valence-corrected chi connectivity index (χ1v) is 8.05. The highest BCUT2D eigenvalue weighted by Crippen LogP contribution is 2.25. The highest BCUT2D eigenvalue weighted by Gasteiger charge is 2.30. The third kappa shape index (κ3) is 2.86. The summed E-state index contributed by atoms with van der Waals surface area (Å²) in [6, 6.07) is 5.18. The second kappa shape index (κ2) is 6.39. The van der Waals surface area contributed by atoms with E-state index >= 15 is 0 Å². The molecule has 0 unspecified atom stereocenters. The van der Waals surface area contributed by atoms with E-state index < -0.39 is 10.0 Å². The van der Waals surface area contributed by atoms with E-state index in [1.54, 1.807) is 31.3 Å². The summed E-state index contributed by atoms with van der Waals surface area (Å²) in [4.78, 5) is 4.17. The van der Waals surface area contributed by atoms with Crippen molar-refractivity contribution in [2.75, 3.05) is 25.1 Å². The van der Waals surface area contributed by atoms with Gasteiger partial charge in [-0.25, -0.2) is 19.2 Å². The molecule has 4 N–H and O–H groups in total. The lowest BCUT2D eigenvalue weighted by Gasteiger charge is -2.20. The van der Waals surface area contributed by atoms with Crippen LogP contribution in [0.5, 0.6) is 0 Å². The predicted octanol–water partition coefficient (Wildman–Crippen LogP) is 0.0129. The highest BCUT2D eigenvalue weighted by atomic mass is 32.2. The molecule has 0 aliphatic rings. The molecule has 0 saturated heterocycles. The van der Waals surface area contributed by atoms with E-state index in [0.717, 1.165) is 0 Å². The molecule has 0 spiro atoms. The Balaban J connectivity index is 2.57. The normalized spacial score (nSPS) is 12.2. The van der Waals surface area contributed by atoms with E-state index in [0.29, 0.717) is 18.6 Å². The van der Waals surface area contributed by atoms with Crippen molar-refractivity contribution in [2.24, 2.45) is 5.84 Å². The molecular formula is C12H19N5O3S. The fourth-order valence-corrected chi connectivity index (χ4v) is 3.84. The number of fused-ring (bicyclic) bond motifs is 1. The lowest BCUT2D eigenvalue weighted by molar-refractivity contribution is 0.271. The van der Waals surface area contributed by atoms with Gasteiger partial charge in [0, 0.05) is 25.9 Å². The molecule has 0 saturated carbocycles. The molecule has 0 amide bonds. The molecule has 116 valence electrons. The van der Waals surface area contributed by atoms with Crippen LogP contribution in [-0.4, -0.2) is 46.9 Å². The van der Waals surface area contributed by atoms with Crippen LogP contribution in [0, 0.1) is 0 Å². The van der Waals surface area contributed by atoms with Crippen LogP contribution < -0.4 is 11.3 Å². The van der Waals surface area contributed by atoms with E-state index in [1.165, 1.54) is 8.71 Å². The van der Waals surface area contributed by atoms with Crippen molar-refractivity contribution in [2.45, 2.75) is 18.4 Å². The Bertz CT molecular complexity index is 713. The molecule has 0 aliphatic heterocycles. The first-order chi connectivity index (χ1) is 10.1. The molecule has 21 heavy (non-hydrogen) atoms. The smallest absolute Gasteiger partial charge is 0.262 e. The Labute approximate surface area is 123 Å². The predicted molar refractivity (Wildman–Crippen MR) is 79.1 cm³/mol. The van der Waals surface area contributed by atoms with Crippen molar-refractivity contribution in [3.63, 3.8) is 0 Å². The van der Waals surface area contributed by atoms with Gasteiger partial charge in [-0.1, -0.05) is 13.0 Å². The fourth-order valence-electron chi connectivity index (χ4n) is 2.13. The maximum atomic E-state index is 12.8. The van der Waals surface area contributed by atoms with E-state index in [4.69, 9.17) is 10.9 Å². The maximum Gasteiger partial charge on any atom is 0.262 e. The molecule has 8 nitrogen and oxygen atoms in total. The fraction of sp³-hybridized carbons (Fsp3) is 0.417. The number of aliphatic hydroxyl groups is 1. The standard InChI is InChI=1S/C12H19N5O3S/c1-2-16(7-5-9-18)21(19,20)12-11(15-13)14-10-6-3-4-8-17(10)12/h3-4,6,8,15,18H,2,5,7,9,13H2,1H3. The topological polar surface area (TPSA) is 113 Å². The Morgan fingerprint density at radius 2 is 2.24 bits per heavy atom. The first-order valence-electron chi connectivity index (χ1n) is 6.61. The van der Waals surface area contributed by atoms with Crippen LogP contribution in [0.25, 0.3) is 5.65 Å². The Morgan fingerprint density at radius 1 is 1.48 bits per heavy atom. The number of nitrogens with two attached hydrogens (primary N) is 1. The van der Waals surface area contributed by atoms with Gasteiger partial charge in [0.05, 0.1) is 0 Å². The lowest BCUT2D eigenvalue weighted by atomic mass is 10.4. The number of rotatable bonds is 7. The zero-order valence-corrected chi connectivity index (χ0v) is 12.5. The van der Waals surface area contributed by atoms with Gasteiger partial charge >= 0.3 is 0 Å². The summed E-state index contributed by atoms with van der Waals surface area (Å²) in [5.74, 6) is 5.50. The third-order valence-corrected chi connectivity index (χ3v) is 5.12. The van der Waals surface area contributed by atoms with Crippen LogP contribution >= 0.6 is 0 Å². The van der Waals surface area contributed by atoms with E-state index in [1.807, 2.05) is 0 Å². The Kier molecular flexibility index (Phi) is 4.78. The average molecular weight is 313 g/mol. The van der Waals surface area contributed by atoms with Crippen molar-refractivity contribution in [1.82, 2.24) is 13.7 Å². The first kappa shape index (κ1) is 15.7. The summed E-state index contributed by atoms with van der Waals surface area (Å²) in [5.41, 5.74) is 2.83. The van der Waals surface area contributed by atoms with Crippen molar-refractivity contribution in [1.29, 1.82) is 0 Å². The molecule has 2 aromatic rings. The number of nitrogen functional groups attached to an aromatic ring is 1. The number of anilines is 1. The number of aliphatic hydroxyl groups excluding tert-OH is 1. The van der Waals surface area contributed by atoms with Crippen molar-refractivity contribution in [3.05, 3.63) is 24.4 Å². The molecule has 9 heteroatoms. The summed E-state index contributed by atoms with van der Waals surface area (Å²) in [6.45, 7) is 2.21. The van der Waals surface area contributed by atoms with Gasteiger partial charge in [0.25, 0.3) is 10.0 Å². The van der Waals surface area contributed by atoms with Gasteiger partial charge < -0.3 is 10.5 Å². The van der Waals surface area contributed by atoms with Gasteiger partial charge in [0.15, 0.2) is 5.82 Å². The molecule has 0 aromatic carbocycles. The number of pyridine rings is 1. The number of aromatic nitrogens is 2. The molecule has 2 aromatic heterocycles. The molecule has 0 aliphatic carbocycles. The molecule has 2 heterocycles. The number of nitrogens with zero attached hydrogens (tertiary/aromatic N) is 3. The molecule has 0 radical (unpaired) electrons. The summed E-state index contributed by atoms with van der Waals surface area (Å²) in [5, 5.41) is 8.91. The zero-order chi connectivity index (χ0) is 15.5. The van der Waals surface area contributed by atoms with Gasteiger partial charge in [-0.15, -0.1) is 0 Å². The van der Waals surface area contributed by atoms with Crippen LogP contribution in [0.2, 0.25) is 0 Å². The van der Waals surface area contributed by atoms with Crippen molar-refractivity contribution >= 4 is 21.5 Å². The molecular weight excluding hydrogens is 294 g/mol. The summed E-state index contributed by atoms with van der Waals surface area (Å²) >= 11 is 0. The minimum atomic E-state index is -3.77. The SMILES string of the molecule is CCN(CCCO)S(=O)(=O)c1c(NN)nc2ccccn12. The van der Waals surface area contributed by atoms with Crippen LogP contribution in [0.4, 0.5) is 5.82 Å². The monoisotopic (exact) mass is 313 g/mol. The van der Waals surface area contributed by atoms with E-state index in [9.17, 15) is 8.42 Å². The number of imidazole rings is 1. The number of hydrogen-bond donors (Lipinski definition) is 3. The third-order valence-electron chi connectivity index (χ3n) is 3.13. The molecule has 0 atom stereocenters. The highest BCUT2D eigenvalue weighted by molar-refractivity contribution is 7.89. The summed E-state index contributed by atoms with van der Waals surface area (Å²) < 4.78 is 28.4. The van der Waals surface area contributed by atoms with E-state index in [-0.39, 0.29) is 24.0 Å². The Hall–Kier alpha value is -1.68. The van der Waals surface area contributed by atoms with Crippen LogP contribution in [0.3, 0.4) is 0 Å². The number of hydrogen-bond acceptors (Lipinski definition) is 6. The second-order valence-corrected chi connectivity index (χ2v) is 6.27. The number of nitrogens with one attached hydrogen (secondary N) is 1. The Morgan fingerprint density at radius 3 is 2.86 bits per heavy atom. The minimum absolute atomic E-state index is 0.000361. The van der Waals surface area contributed by atoms with Gasteiger partial charge in [0.1, 0.15) is 5.65 Å². The lowest BCUT2D eigenvalue weighted by Crippen LogP contribution is -2.33. The summed E-state index contributed by atoms with van der Waals surface area (Å²) in [7, 11) is -3.77. The number of sulfonamides is 1. The zero-order valence-electron chi connectivity index (χ0n) is 11.7. The van der Waals surface area contributed by atoms with Crippen LogP contribution in [0.15, 0.2) is 29.4 Å². The minimum Gasteiger partial charge on any atom is -0.396 e. The van der Waals surface area contributed by atoms with E-state index in [2.05, 4.69) is 10.4 Å². The van der Waals surface area contributed by atoms with Crippen molar-refractivity contribution < 1.29 is 13.5 Å². The second-order valence-electron chi connectivity index (χ2n) is 4.41. The maximum absolute atomic E-state index is 12.8. The molecule has 0 fully saturated rings. The molecule has 0 bridgehead atoms. The summed E-state index contributed by atoms with van der Waals surface area (Å²) in [6.07, 6.45) is 1.99. The quantitative estimate of drug-likeness (QED) is 0.490. The van der Waals surface area contributed by atoms with Crippen molar-refractivity contribution in [3.8, 4) is 0 Å². The van der Waals surface area contributed by atoms with Gasteiger partial charge in [-0.05, 0) is 18.6 Å².